The molecule has 0 aromatic rings. The van der Waals surface area contributed by atoms with Crippen LogP contribution in [0, 0.1) is 0 Å². The molecule has 0 spiro atoms. The van der Waals surface area contributed by atoms with Crippen LogP contribution in [0.15, 0.2) is 0 Å². The SMILES string of the molecule is O=C(O)[O][Al][F]. The average molecular weight is 107 g/mol. The molecule has 0 aliphatic carbocycles. The highest BCUT2D eigenvalue weighted by atomic mass is 27.2. The minimum absolute atomic E-state index is 1.55. The maximum atomic E-state index is 10.7. The monoisotopic (exact) mass is 107 g/mol. The van der Waals surface area contributed by atoms with Crippen molar-refractivity contribution in [1.29, 1.82) is 0 Å². The Bertz CT molecular complexity index is 54.8. The molecule has 0 heterocycles. The summed E-state index contributed by atoms with van der Waals surface area (Å²) in [6.45, 7) is 0. The fourth-order valence-corrected chi connectivity index (χ4v) is 0.114. The van der Waals surface area contributed by atoms with Crippen LogP contribution in [0.3, 0.4) is 0 Å². The van der Waals surface area contributed by atoms with Gasteiger partial charge in [0.15, 0.2) is 0 Å². The Morgan fingerprint density at radius 1 is 2.00 bits per heavy atom. The van der Waals surface area contributed by atoms with E-state index in [0.717, 1.165) is 0 Å². The number of halogens is 1. The summed E-state index contributed by atoms with van der Waals surface area (Å²) in [5, 5.41) is 7.47. The van der Waals surface area contributed by atoms with E-state index < -0.39 is 22.2 Å². The first-order valence-electron chi connectivity index (χ1n) is 1.09. The molecule has 0 aliphatic heterocycles. The van der Waals surface area contributed by atoms with Crippen LogP contribution < -0.4 is 0 Å². The second-order valence-electron chi connectivity index (χ2n) is 0.473. The van der Waals surface area contributed by atoms with E-state index in [9.17, 15) is 3.52 Å². The molecule has 1 radical (unpaired) electrons. The molecule has 6 heavy (non-hydrogen) atoms. The third-order valence-corrected chi connectivity index (χ3v) is 0.436. The fraction of sp³-hybridized carbons (Fsp3) is 0. The minimum atomic E-state index is -1.85. The lowest BCUT2D eigenvalue weighted by molar-refractivity contribution is 0.143. The summed E-state index contributed by atoms with van der Waals surface area (Å²) in [7, 11) is 0. The smallest absolute Gasteiger partial charge is 0.564 e. The van der Waals surface area contributed by atoms with Crippen molar-refractivity contribution in [3.63, 3.8) is 0 Å². The summed E-state index contributed by atoms with van der Waals surface area (Å²) in [6.07, 6.45) is -1.55. The Morgan fingerprint density at radius 3 is 2.50 bits per heavy atom. The largest absolute Gasteiger partial charge is 0.825 e. The summed E-state index contributed by atoms with van der Waals surface area (Å²) < 4.78 is 14.1. The molecule has 0 aliphatic rings. The van der Waals surface area contributed by atoms with Crippen molar-refractivity contribution in [2.75, 3.05) is 0 Å². The second kappa shape index (κ2) is 2.94. The molecule has 0 fully saturated rings. The van der Waals surface area contributed by atoms with Crippen molar-refractivity contribution >= 4 is 22.2 Å². The van der Waals surface area contributed by atoms with E-state index >= 15 is 0 Å². The number of carboxylic acid groups (broad SMARTS) is 1. The molecule has 0 aromatic carbocycles. The lowest BCUT2D eigenvalue weighted by Gasteiger charge is -1.84. The van der Waals surface area contributed by atoms with Crippen molar-refractivity contribution in [3.05, 3.63) is 0 Å². The van der Waals surface area contributed by atoms with Gasteiger partial charge in [-0.25, -0.2) is 4.79 Å². The van der Waals surface area contributed by atoms with Crippen LogP contribution in [0.2, 0.25) is 0 Å². The molecule has 0 rings (SSSR count). The molecule has 0 saturated heterocycles. The molecule has 3 nitrogen and oxygen atoms in total. The van der Waals surface area contributed by atoms with Crippen LogP contribution in [0.5, 0.6) is 0 Å². The van der Waals surface area contributed by atoms with Gasteiger partial charge in [-0.15, -0.1) is 0 Å². The molecule has 33 valence electrons. The molecule has 0 amide bonds. The first-order valence-corrected chi connectivity index (χ1v) is 1.99. The molecule has 0 atom stereocenters. The van der Waals surface area contributed by atoms with Crippen LogP contribution in [0.1, 0.15) is 0 Å². The van der Waals surface area contributed by atoms with E-state index in [4.69, 9.17) is 9.90 Å². The highest BCUT2D eigenvalue weighted by molar-refractivity contribution is 6.20. The van der Waals surface area contributed by atoms with Gasteiger partial charge >= 0.3 is 22.2 Å². The van der Waals surface area contributed by atoms with Crippen LogP contribution in [-0.4, -0.2) is 27.3 Å². The maximum absolute atomic E-state index is 10.7. The van der Waals surface area contributed by atoms with E-state index in [1.54, 1.807) is 0 Å². The zero-order valence-electron chi connectivity index (χ0n) is 2.72. The average Bonchev–Trinajstić information content (AvgIpc) is 1.35. The first kappa shape index (κ1) is 5.73. The van der Waals surface area contributed by atoms with Crippen molar-refractivity contribution in [1.82, 2.24) is 0 Å². The Hall–Kier alpha value is -0.268. The number of carbonyl (C=O) groups is 1. The summed E-state index contributed by atoms with van der Waals surface area (Å²) >= 11 is -1.85. The topological polar surface area (TPSA) is 46.5 Å². The highest BCUT2D eigenvalue weighted by Gasteiger charge is 1.98. The van der Waals surface area contributed by atoms with Gasteiger partial charge < -0.3 is 12.4 Å². The van der Waals surface area contributed by atoms with E-state index in [-0.39, 0.29) is 0 Å². The molecule has 0 saturated carbocycles. The standard InChI is InChI=1S/CH2O3.Al.FH/c2-1(3)4;;/h(H2,2,3,4);;1H/q;+2;/p-2. The third kappa shape index (κ3) is 3.73. The molecular formula is CHAlFO3. The van der Waals surface area contributed by atoms with Crippen LogP contribution in [-0.2, 0) is 3.79 Å². The zero-order valence-corrected chi connectivity index (χ0v) is 3.87. The zero-order chi connectivity index (χ0) is 4.99. The van der Waals surface area contributed by atoms with E-state index in [2.05, 4.69) is 3.79 Å². The Kier molecular flexibility index (Phi) is 2.81. The second-order valence-corrected chi connectivity index (χ2v) is 0.887. The van der Waals surface area contributed by atoms with Gasteiger partial charge in [0.1, 0.15) is 0 Å². The quantitative estimate of drug-likeness (QED) is 0.486. The molecule has 0 aromatic heterocycles. The maximum Gasteiger partial charge on any atom is 0.825 e. The van der Waals surface area contributed by atoms with E-state index in [0.29, 0.717) is 0 Å². The van der Waals surface area contributed by atoms with Gasteiger partial charge in [-0.2, -0.15) is 0 Å². The summed E-state index contributed by atoms with van der Waals surface area (Å²) in [6, 6.07) is 0. The van der Waals surface area contributed by atoms with Gasteiger partial charge in [-0.1, -0.05) is 0 Å². The Morgan fingerprint density at radius 2 is 2.50 bits per heavy atom. The van der Waals surface area contributed by atoms with Crippen LogP contribution in [0.4, 0.5) is 8.32 Å². The van der Waals surface area contributed by atoms with Gasteiger partial charge in [0, 0.05) is 0 Å². The predicted octanol–water partition coefficient (Wildman–Crippen LogP) is 0.185. The molecule has 0 unspecified atom stereocenters. The number of hydrogen-bond acceptors (Lipinski definition) is 2. The Labute approximate surface area is 40.2 Å². The molecule has 0 bridgehead atoms. The van der Waals surface area contributed by atoms with Crippen LogP contribution in [0.25, 0.3) is 0 Å². The van der Waals surface area contributed by atoms with Gasteiger partial charge in [0.25, 0.3) is 0 Å². The molecule has 1 N–H and O–H groups in total. The molecule has 5 heteroatoms. The number of hydrogen-bond donors (Lipinski definition) is 1. The fourth-order valence-electron chi connectivity index (χ4n) is 0.0381. The third-order valence-electron chi connectivity index (χ3n) is 0.145. The molecular weight excluding hydrogens is 106 g/mol. The normalized spacial score (nSPS) is 6.83. The Balaban J connectivity index is 2.83. The summed E-state index contributed by atoms with van der Waals surface area (Å²) in [5.74, 6) is 0. The lowest BCUT2D eigenvalue weighted by Crippen LogP contribution is -1.99. The van der Waals surface area contributed by atoms with Crippen LogP contribution >= 0.6 is 0 Å². The highest BCUT2D eigenvalue weighted by Crippen LogP contribution is 1.69. The first-order chi connectivity index (χ1) is 2.77. The van der Waals surface area contributed by atoms with Gasteiger partial charge in [-0.3, -0.25) is 0 Å². The van der Waals surface area contributed by atoms with Gasteiger partial charge in [-0.05, 0) is 0 Å². The van der Waals surface area contributed by atoms with E-state index in [1.807, 2.05) is 0 Å². The summed E-state index contributed by atoms with van der Waals surface area (Å²) in [4.78, 5) is 9.16. The number of rotatable bonds is 1. The van der Waals surface area contributed by atoms with Crippen molar-refractivity contribution in [2.45, 2.75) is 0 Å². The minimum Gasteiger partial charge on any atom is -0.564 e. The van der Waals surface area contributed by atoms with Gasteiger partial charge in [0.05, 0.1) is 0 Å². The van der Waals surface area contributed by atoms with Gasteiger partial charge in [0.2, 0.25) is 0 Å². The predicted molar refractivity (Wildman–Crippen MR) is 16.0 cm³/mol. The lowest BCUT2D eigenvalue weighted by atomic mass is 11.5. The van der Waals surface area contributed by atoms with E-state index in [1.165, 1.54) is 0 Å². The van der Waals surface area contributed by atoms with Crippen molar-refractivity contribution in [3.8, 4) is 0 Å². The van der Waals surface area contributed by atoms with Crippen molar-refractivity contribution < 1.29 is 17.2 Å². The summed E-state index contributed by atoms with van der Waals surface area (Å²) in [5.41, 5.74) is 0. The van der Waals surface area contributed by atoms with Crippen molar-refractivity contribution in [2.24, 2.45) is 0 Å².